The zero-order valence-electron chi connectivity index (χ0n) is 23.2. The third kappa shape index (κ3) is 9.09. The summed E-state index contributed by atoms with van der Waals surface area (Å²) in [5, 5.41) is 22.7. The highest BCUT2D eigenvalue weighted by molar-refractivity contribution is 6.74. The van der Waals surface area contributed by atoms with Crippen LogP contribution in [0.2, 0.25) is 18.1 Å². The van der Waals surface area contributed by atoms with Crippen molar-refractivity contribution in [2.75, 3.05) is 11.9 Å². The number of phenolic OH excluding ortho intramolecular Hbond substituents is 1. The number of aryl methyl sites for hydroxylation is 1. The number of amides is 1. The average molecular weight is 532 g/mol. The summed E-state index contributed by atoms with van der Waals surface area (Å²) in [5.74, 6) is -0.642. The summed E-state index contributed by atoms with van der Waals surface area (Å²) in [7, 11) is -1.99. The molecule has 3 N–H and O–H groups in total. The van der Waals surface area contributed by atoms with Gasteiger partial charge >= 0.3 is 12.1 Å². The number of rotatable bonds is 10. The molecule has 0 atom stereocenters. The fourth-order valence-corrected chi connectivity index (χ4v) is 4.22. The number of aromatic hydroxyl groups is 1. The van der Waals surface area contributed by atoms with Gasteiger partial charge in [-0.2, -0.15) is 0 Å². The molecule has 0 radical (unpaired) electrons. The van der Waals surface area contributed by atoms with Gasteiger partial charge in [-0.25, -0.2) is 9.59 Å². The molecule has 0 aliphatic heterocycles. The lowest BCUT2D eigenvalue weighted by atomic mass is 10.0. The van der Waals surface area contributed by atoms with Crippen LogP contribution in [0.15, 0.2) is 36.4 Å². The third-order valence-electron chi connectivity index (χ3n) is 6.29. The van der Waals surface area contributed by atoms with E-state index in [2.05, 4.69) is 39.2 Å². The standard InChI is InChI=1S/C28H41NO7Si/c1-27(2,3)36-26(33)29-21-14-15-22(25(31)32)19(17-21)12-10-16-34-24-20(11-9-13-23(24)30)18-35-37(7,8)28(4,5)6/h9,11,13-15,17,30H,10,12,16,18H2,1-8H3,(H,29,33)(H,31,32). The van der Waals surface area contributed by atoms with E-state index in [4.69, 9.17) is 13.9 Å². The van der Waals surface area contributed by atoms with Gasteiger partial charge in [0.1, 0.15) is 5.60 Å². The SMILES string of the molecule is CC(C)(C)OC(=O)Nc1ccc(C(=O)O)c(CCCOc2c(O)cccc2CO[Si](C)(C)C(C)(C)C)c1. The quantitative estimate of drug-likeness (QED) is 0.224. The first kappa shape index (κ1) is 30.2. The lowest BCUT2D eigenvalue weighted by Gasteiger charge is -2.36. The van der Waals surface area contributed by atoms with Gasteiger partial charge in [-0.05, 0) is 81.6 Å². The van der Waals surface area contributed by atoms with Gasteiger partial charge < -0.3 is 24.1 Å². The van der Waals surface area contributed by atoms with Crippen molar-refractivity contribution in [3.05, 3.63) is 53.1 Å². The Morgan fingerprint density at radius 3 is 2.27 bits per heavy atom. The Morgan fingerprint density at radius 2 is 1.68 bits per heavy atom. The fourth-order valence-electron chi connectivity index (χ4n) is 3.27. The van der Waals surface area contributed by atoms with Gasteiger partial charge in [0, 0.05) is 11.3 Å². The van der Waals surface area contributed by atoms with Gasteiger partial charge in [0.15, 0.2) is 19.8 Å². The maximum atomic E-state index is 12.1. The largest absolute Gasteiger partial charge is 0.504 e. The average Bonchev–Trinajstić information content (AvgIpc) is 2.74. The number of ether oxygens (including phenoxy) is 2. The van der Waals surface area contributed by atoms with Crippen LogP contribution in [0.3, 0.4) is 0 Å². The summed E-state index contributed by atoms with van der Waals surface area (Å²) >= 11 is 0. The summed E-state index contributed by atoms with van der Waals surface area (Å²) in [5.41, 5.74) is 1.27. The monoisotopic (exact) mass is 531 g/mol. The van der Waals surface area contributed by atoms with Gasteiger partial charge in [0.25, 0.3) is 0 Å². The normalized spacial score (nSPS) is 12.2. The van der Waals surface area contributed by atoms with Crippen molar-refractivity contribution in [2.45, 2.75) is 84.7 Å². The van der Waals surface area contributed by atoms with E-state index in [0.29, 0.717) is 36.4 Å². The molecule has 2 rings (SSSR count). The van der Waals surface area contributed by atoms with Gasteiger partial charge in [-0.3, -0.25) is 5.32 Å². The minimum Gasteiger partial charge on any atom is -0.504 e. The van der Waals surface area contributed by atoms with Gasteiger partial charge in [-0.15, -0.1) is 0 Å². The fraction of sp³-hybridized carbons (Fsp3) is 0.500. The number of phenols is 1. The zero-order chi connectivity index (χ0) is 28.0. The first-order chi connectivity index (χ1) is 17.0. The second kappa shape index (κ2) is 12.0. The number of para-hydroxylation sites is 1. The lowest BCUT2D eigenvalue weighted by Crippen LogP contribution is -2.40. The summed E-state index contributed by atoms with van der Waals surface area (Å²) in [4.78, 5) is 23.8. The van der Waals surface area contributed by atoms with Crippen LogP contribution < -0.4 is 10.1 Å². The Morgan fingerprint density at radius 1 is 1.00 bits per heavy atom. The van der Waals surface area contributed by atoms with Crippen LogP contribution in [-0.2, 0) is 22.2 Å². The van der Waals surface area contributed by atoms with Crippen molar-refractivity contribution >= 4 is 26.1 Å². The molecule has 37 heavy (non-hydrogen) atoms. The number of aromatic carboxylic acids is 1. The molecule has 2 aromatic rings. The van der Waals surface area contributed by atoms with Crippen molar-refractivity contribution in [2.24, 2.45) is 0 Å². The van der Waals surface area contributed by atoms with Crippen molar-refractivity contribution in [1.29, 1.82) is 0 Å². The van der Waals surface area contributed by atoms with E-state index in [0.717, 1.165) is 5.56 Å². The number of nitrogens with one attached hydrogen (secondary N) is 1. The molecule has 0 fully saturated rings. The van der Waals surface area contributed by atoms with Crippen molar-refractivity contribution in [1.82, 2.24) is 0 Å². The number of carboxylic acid groups (broad SMARTS) is 1. The first-order valence-electron chi connectivity index (χ1n) is 12.4. The van der Waals surface area contributed by atoms with E-state index < -0.39 is 26.0 Å². The number of hydrogen-bond acceptors (Lipinski definition) is 6. The number of carboxylic acids is 1. The molecule has 0 heterocycles. The molecular formula is C28H41NO7Si. The maximum Gasteiger partial charge on any atom is 0.412 e. The third-order valence-corrected chi connectivity index (χ3v) is 10.8. The smallest absolute Gasteiger partial charge is 0.412 e. The Labute approximate surface area is 221 Å². The van der Waals surface area contributed by atoms with Gasteiger partial charge in [0.2, 0.25) is 0 Å². The number of carbonyl (C=O) groups is 2. The highest BCUT2D eigenvalue weighted by atomic mass is 28.4. The van der Waals surface area contributed by atoms with Crippen molar-refractivity contribution in [3.8, 4) is 11.5 Å². The molecule has 0 aromatic heterocycles. The van der Waals surface area contributed by atoms with E-state index in [9.17, 15) is 19.8 Å². The molecule has 1 amide bonds. The highest BCUT2D eigenvalue weighted by Crippen LogP contribution is 2.38. The Hall–Kier alpha value is -3.04. The Kier molecular flexibility index (Phi) is 9.79. The van der Waals surface area contributed by atoms with Gasteiger partial charge in [-0.1, -0.05) is 32.9 Å². The predicted molar refractivity (Wildman–Crippen MR) is 147 cm³/mol. The molecule has 0 unspecified atom stereocenters. The Balaban J connectivity index is 2.07. The topological polar surface area (TPSA) is 114 Å². The first-order valence-corrected chi connectivity index (χ1v) is 15.3. The van der Waals surface area contributed by atoms with Crippen LogP contribution in [0.25, 0.3) is 0 Å². The summed E-state index contributed by atoms with van der Waals surface area (Å²) < 4.78 is 17.5. The van der Waals surface area contributed by atoms with Crippen LogP contribution in [0, 0.1) is 0 Å². The summed E-state index contributed by atoms with van der Waals surface area (Å²) in [6.45, 7) is 16.7. The van der Waals surface area contributed by atoms with E-state index >= 15 is 0 Å². The number of benzene rings is 2. The summed E-state index contributed by atoms with van der Waals surface area (Å²) in [6.07, 6.45) is 0.277. The molecule has 204 valence electrons. The number of anilines is 1. The van der Waals surface area contributed by atoms with Crippen LogP contribution in [0.4, 0.5) is 10.5 Å². The molecule has 0 aliphatic rings. The molecular weight excluding hydrogens is 490 g/mol. The number of hydrogen-bond donors (Lipinski definition) is 3. The molecule has 0 aliphatic carbocycles. The molecule has 8 nitrogen and oxygen atoms in total. The van der Waals surface area contributed by atoms with Gasteiger partial charge in [0.05, 0.1) is 18.8 Å². The minimum absolute atomic E-state index is 0.0334. The lowest BCUT2D eigenvalue weighted by molar-refractivity contribution is 0.0634. The molecule has 2 aromatic carbocycles. The summed E-state index contributed by atoms with van der Waals surface area (Å²) in [6, 6.07) is 9.82. The van der Waals surface area contributed by atoms with Crippen LogP contribution >= 0.6 is 0 Å². The molecule has 0 saturated heterocycles. The van der Waals surface area contributed by atoms with Crippen molar-refractivity contribution < 1.29 is 33.7 Å². The highest BCUT2D eigenvalue weighted by Gasteiger charge is 2.37. The van der Waals surface area contributed by atoms with Crippen LogP contribution in [0.5, 0.6) is 11.5 Å². The molecule has 0 spiro atoms. The second-order valence-electron chi connectivity index (χ2n) is 11.6. The number of carbonyl (C=O) groups excluding carboxylic acids is 1. The van der Waals surface area contributed by atoms with Crippen LogP contribution in [0.1, 0.15) is 69.4 Å². The zero-order valence-corrected chi connectivity index (χ0v) is 24.2. The van der Waals surface area contributed by atoms with Crippen molar-refractivity contribution in [3.63, 3.8) is 0 Å². The maximum absolute atomic E-state index is 12.1. The molecule has 0 bridgehead atoms. The second-order valence-corrected chi connectivity index (χ2v) is 16.4. The predicted octanol–water partition coefficient (Wildman–Crippen LogP) is 6.97. The minimum atomic E-state index is -1.99. The molecule has 9 heteroatoms. The van der Waals surface area contributed by atoms with E-state index in [-0.39, 0.29) is 23.0 Å². The van der Waals surface area contributed by atoms with E-state index in [1.807, 2.05) is 6.07 Å². The van der Waals surface area contributed by atoms with E-state index in [1.165, 1.54) is 12.1 Å². The molecule has 0 saturated carbocycles. The van der Waals surface area contributed by atoms with E-state index in [1.54, 1.807) is 39.0 Å². The van der Waals surface area contributed by atoms with Crippen LogP contribution in [-0.4, -0.2) is 42.8 Å². The Bertz CT molecular complexity index is 1100.